The van der Waals surface area contributed by atoms with Gasteiger partial charge >= 0.3 is 0 Å². The topological polar surface area (TPSA) is 39.7 Å². The second kappa shape index (κ2) is 6.61. The molecule has 0 aliphatic carbocycles. The van der Waals surface area contributed by atoms with E-state index < -0.39 is 0 Å². The minimum Gasteiger partial charge on any atom is -0.493 e. The Bertz CT molecular complexity index is 375. The molecule has 1 saturated heterocycles. The van der Waals surface area contributed by atoms with E-state index in [0.29, 0.717) is 6.61 Å². The summed E-state index contributed by atoms with van der Waals surface area (Å²) in [6, 6.07) is 6.05. The van der Waals surface area contributed by atoms with Crippen molar-refractivity contribution >= 4 is 0 Å². The summed E-state index contributed by atoms with van der Waals surface area (Å²) in [5.74, 6) is 1.59. The summed E-state index contributed by atoms with van der Waals surface area (Å²) in [5.41, 5.74) is 1.20. The first kappa shape index (κ1) is 13.2. The average Bonchev–Trinajstić information content (AvgIpc) is 2.89. The van der Waals surface area contributed by atoms with Gasteiger partial charge in [0.1, 0.15) is 6.10 Å². The third kappa shape index (κ3) is 3.37. The fraction of sp³-hybridized carbons (Fsp3) is 0.571. The maximum Gasteiger partial charge on any atom is 0.162 e. The molecule has 0 radical (unpaired) electrons. The van der Waals surface area contributed by atoms with Gasteiger partial charge in [0.05, 0.1) is 20.3 Å². The van der Waals surface area contributed by atoms with Crippen LogP contribution in [0.5, 0.6) is 11.5 Å². The van der Waals surface area contributed by atoms with Gasteiger partial charge in [0.25, 0.3) is 0 Å². The van der Waals surface area contributed by atoms with E-state index in [1.54, 1.807) is 7.11 Å². The normalized spacial score (nSPS) is 18.9. The Balaban J connectivity index is 2.08. The van der Waals surface area contributed by atoms with Crippen molar-refractivity contribution in [2.45, 2.75) is 26.0 Å². The van der Waals surface area contributed by atoms with Gasteiger partial charge in [-0.2, -0.15) is 0 Å². The van der Waals surface area contributed by atoms with Gasteiger partial charge in [-0.15, -0.1) is 0 Å². The largest absolute Gasteiger partial charge is 0.493 e. The van der Waals surface area contributed by atoms with Gasteiger partial charge in [0.15, 0.2) is 11.5 Å². The molecule has 100 valence electrons. The van der Waals surface area contributed by atoms with Crippen LogP contribution in [0.4, 0.5) is 0 Å². The Morgan fingerprint density at radius 1 is 1.39 bits per heavy atom. The van der Waals surface area contributed by atoms with Crippen LogP contribution in [0.2, 0.25) is 0 Å². The first-order valence-electron chi connectivity index (χ1n) is 6.45. The molecule has 0 amide bonds. The SMILES string of the molecule is CCNCc1ccc(OC)c(OC2CCOC2)c1. The molecular weight excluding hydrogens is 230 g/mol. The van der Waals surface area contributed by atoms with Crippen molar-refractivity contribution in [3.05, 3.63) is 23.8 Å². The highest BCUT2D eigenvalue weighted by Gasteiger charge is 2.19. The summed E-state index contributed by atoms with van der Waals surface area (Å²) in [7, 11) is 1.66. The third-order valence-corrected chi connectivity index (χ3v) is 2.99. The molecule has 1 atom stereocenters. The zero-order chi connectivity index (χ0) is 12.8. The molecule has 1 heterocycles. The van der Waals surface area contributed by atoms with E-state index >= 15 is 0 Å². The van der Waals surface area contributed by atoms with Gasteiger partial charge in [0.2, 0.25) is 0 Å². The van der Waals surface area contributed by atoms with Gasteiger partial charge in [-0.1, -0.05) is 13.0 Å². The molecule has 4 heteroatoms. The van der Waals surface area contributed by atoms with Crippen LogP contribution in [0.15, 0.2) is 18.2 Å². The van der Waals surface area contributed by atoms with Crippen molar-refractivity contribution < 1.29 is 14.2 Å². The minimum atomic E-state index is 0.147. The average molecular weight is 251 g/mol. The Morgan fingerprint density at radius 3 is 2.94 bits per heavy atom. The van der Waals surface area contributed by atoms with Crippen molar-refractivity contribution in [2.24, 2.45) is 0 Å². The molecule has 1 aromatic rings. The lowest BCUT2D eigenvalue weighted by Crippen LogP contribution is -2.17. The van der Waals surface area contributed by atoms with Crippen molar-refractivity contribution in [1.82, 2.24) is 5.32 Å². The first-order chi connectivity index (χ1) is 8.83. The van der Waals surface area contributed by atoms with E-state index in [9.17, 15) is 0 Å². The monoisotopic (exact) mass is 251 g/mol. The van der Waals surface area contributed by atoms with Crippen LogP contribution in [-0.2, 0) is 11.3 Å². The van der Waals surface area contributed by atoms with Crippen molar-refractivity contribution in [3.63, 3.8) is 0 Å². The summed E-state index contributed by atoms with van der Waals surface area (Å²) < 4.78 is 16.6. The smallest absolute Gasteiger partial charge is 0.162 e. The van der Waals surface area contributed by atoms with E-state index in [4.69, 9.17) is 14.2 Å². The lowest BCUT2D eigenvalue weighted by Gasteiger charge is -2.16. The molecule has 1 fully saturated rings. The highest BCUT2D eigenvalue weighted by Crippen LogP contribution is 2.30. The zero-order valence-electron chi connectivity index (χ0n) is 11.1. The number of nitrogens with one attached hydrogen (secondary N) is 1. The number of ether oxygens (including phenoxy) is 3. The molecule has 1 aliphatic rings. The van der Waals surface area contributed by atoms with Crippen molar-refractivity contribution in [1.29, 1.82) is 0 Å². The molecule has 4 nitrogen and oxygen atoms in total. The summed E-state index contributed by atoms with van der Waals surface area (Å²) in [5, 5.41) is 3.30. The van der Waals surface area contributed by atoms with Crippen LogP contribution in [0.1, 0.15) is 18.9 Å². The standard InChI is InChI=1S/C14H21NO3/c1-3-15-9-11-4-5-13(16-2)14(8-11)18-12-6-7-17-10-12/h4-5,8,12,15H,3,6-7,9-10H2,1-2H3. The zero-order valence-corrected chi connectivity index (χ0v) is 11.1. The predicted molar refractivity (Wildman–Crippen MR) is 70.2 cm³/mol. The molecule has 0 bridgehead atoms. The van der Waals surface area contributed by atoms with Crippen LogP contribution in [-0.4, -0.2) is 33.0 Å². The Hall–Kier alpha value is -1.26. The molecule has 18 heavy (non-hydrogen) atoms. The summed E-state index contributed by atoms with van der Waals surface area (Å²) in [6.45, 7) is 5.35. The van der Waals surface area contributed by atoms with Gasteiger partial charge in [-0.25, -0.2) is 0 Å². The Morgan fingerprint density at radius 2 is 2.28 bits per heavy atom. The quantitative estimate of drug-likeness (QED) is 0.839. The second-order valence-electron chi connectivity index (χ2n) is 4.37. The summed E-state index contributed by atoms with van der Waals surface area (Å²) >= 11 is 0. The highest BCUT2D eigenvalue weighted by atomic mass is 16.6. The van der Waals surface area contributed by atoms with E-state index in [-0.39, 0.29) is 6.10 Å². The molecule has 0 spiro atoms. The van der Waals surface area contributed by atoms with Crippen LogP contribution in [0, 0.1) is 0 Å². The van der Waals surface area contributed by atoms with Gasteiger partial charge in [0, 0.05) is 13.0 Å². The molecule has 0 aromatic heterocycles. The molecule has 1 unspecified atom stereocenters. The minimum absolute atomic E-state index is 0.147. The molecule has 1 aliphatic heterocycles. The molecule has 1 N–H and O–H groups in total. The van der Waals surface area contributed by atoms with Crippen LogP contribution < -0.4 is 14.8 Å². The number of methoxy groups -OCH3 is 1. The fourth-order valence-corrected chi connectivity index (χ4v) is 1.98. The Labute approximate surface area is 108 Å². The predicted octanol–water partition coefficient (Wildman–Crippen LogP) is 1.97. The van der Waals surface area contributed by atoms with Crippen LogP contribution >= 0.6 is 0 Å². The first-order valence-corrected chi connectivity index (χ1v) is 6.45. The van der Waals surface area contributed by atoms with Crippen molar-refractivity contribution in [2.75, 3.05) is 26.9 Å². The summed E-state index contributed by atoms with van der Waals surface area (Å²) in [4.78, 5) is 0. The maximum absolute atomic E-state index is 5.94. The van der Waals surface area contributed by atoms with Gasteiger partial charge < -0.3 is 19.5 Å². The van der Waals surface area contributed by atoms with E-state index in [1.165, 1.54) is 5.56 Å². The Kier molecular flexibility index (Phi) is 4.84. The van der Waals surface area contributed by atoms with Crippen molar-refractivity contribution in [3.8, 4) is 11.5 Å². The third-order valence-electron chi connectivity index (χ3n) is 2.99. The highest BCUT2D eigenvalue weighted by molar-refractivity contribution is 5.43. The second-order valence-corrected chi connectivity index (χ2v) is 4.37. The lowest BCUT2D eigenvalue weighted by atomic mass is 10.2. The van der Waals surface area contributed by atoms with E-state index in [0.717, 1.165) is 37.6 Å². The molecule has 1 aromatic carbocycles. The van der Waals surface area contributed by atoms with E-state index in [1.807, 2.05) is 12.1 Å². The fourth-order valence-electron chi connectivity index (χ4n) is 1.98. The number of benzene rings is 1. The molecule has 2 rings (SSSR count). The number of hydrogen-bond donors (Lipinski definition) is 1. The van der Waals surface area contributed by atoms with Crippen LogP contribution in [0.3, 0.4) is 0 Å². The summed E-state index contributed by atoms with van der Waals surface area (Å²) in [6.07, 6.45) is 1.09. The van der Waals surface area contributed by atoms with Gasteiger partial charge in [-0.05, 0) is 24.2 Å². The maximum atomic E-state index is 5.94. The number of hydrogen-bond acceptors (Lipinski definition) is 4. The lowest BCUT2D eigenvalue weighted by molar-refractivity contribution is 0.138. The molecular formula is C14H21NO3. The number of rotatable bonds is 6. The van der Waals surface area contributed by atoms with Crippen LogP contribution in [0.25, 0.3) is 0 Å². The van der Waals surface area contributed by atoms with E-state index in [2.05, 4.69) is 18.3 Å². The van der Waals surface area contributed by atoms with Gasteiger partial charge in [-0.3, -0.25) is 0 Å². The molecule has 0 saturated carbocycles.